The highest BCUT2D eigenvalue weighted by Gasteiger charge is 2.45. The molecule has 1 fully saturated rings. The number of aliphatic hydroxyl groups excluding tert-OH is 1. The van der Waals surface area contributed by atoms with Gasteiger partial charge in [0.2, 0.25) is 0 Å². The second kappa shape index (κ2) is 6.15. The SMILES string of the molecule is CCOC(=O)C1CC1C1=CCC(CCO)=CC(F)=C1. The topological polar surface area (TPSA) is 46.5 Å². The van der Waals surface area contributed by atoms with Crippen molar-refractivity contribution >= 4 is 5.97 Å². The molecule has 0 aliphatic heterocycles. The van der Waals surface area contributed by atoms with E-state index in [1.165, 1.54) is 12.2 Å². The van der Waals surface area contributed by atoms with Gasteiger partial charge >= 0.3 is 5.97 Å². The van der Waals surface area contributed by atoms with Crippen LogP contribution >= 0.6 is 0 Å². The van der Waals surface area contributed by atoms with Crippen LogP contribution in [0.5, 0.6) is 0 Å². The Kier molecular flexibility index (Phi) is 4.53. The molecule has 2 aliphatic rings. The number of esters is 1. The molecule has 4 heteroatoms. The molecule has 0 radical (unpaired) electrons. The van der Waals surface area contributed by atoms with Crippen molar-refractivity contribution in [1.29, 1.82) is 0 Å². The number of aliphatic hydroxyl groups is 1. The molecule has 2 atom stereocenters. The summed E-state index contributed by atoms with van der Waals surface area (Å²) < 4.78 is 18.7. The predicted molar refractivity (Wildman–Crippen MR) is 69.9 cm³/mol. The average Bonchev–Trinajstić information content (AvgIpc) is 3.14. The van der Waals surface area contributed by atoms with Crippen molar-refractivity contribution in [2.75, 3.05) is 13.2 Å². The first kappa shape index (κ1) is 14.0. The number of carbonyl (C=O) groups is 1. The lowest BCUT2D eigenvalue weighted by Crippen LogP contribution is -2.08. The fraction of sp³-hybridized carbons (Fsp3) is 0.533. The number of allylic oxidation sites excluding steroid dienone is 5. The minimum absolute atomic E-state index is 0.0250. The van der Waals surface area contributed by atoms with Crippen LogP contribution < -0.4 is 0 Å². The van der Waals surface area contributed by atoms with Gasteiger partial charge in [-0.1, -0.05) is 11.6 Å². The van der Waals surface area contributed by atoms with Crippen molar-refractivity contribution in [3.05, 3.63) is 35.2 Å². The summed E-state index contributed by atoms with van der Waals surface area (Å²) in [6, 6.07) is 0. The third-order valence-corrected chi connectivity index (χ3v) is 3.49. The molecule has 1 N–H and O–H groups in total. The largest absolute Gasteiger partial charge is 0.466 e. The second-order valence-corrected chi connectivity index (χ2v) is 4.91. The zero-order valence-corrected chi connectivity index (χ0v) is 11.1. The van der Waals surface area contributed by atoms with Gasteiger partial charge in [0, 0.05) is 6.61 Å². The fourth-order valence-electron chi connectivity index (χ4n) is 2.41. The molecular formula is C15H19FO3. The monoisotopic (exact) mass is 266 g/mol. The first-order chi connectivity index (χ1) is 9.15. The van der Waals surface area contributed by atoms with Crippen molar-refractivity contribution in [2.45, 2.75) is 26.2 Å². The smallest absolute Gasteiger partial charge is 0.309 e. The Labute approximate surface area is 112 Å². The number of hydrogen-bond acceptors (Lipinski definition) is 3. The van der Waals surface area contributed by atoms with Gasteiger partial charge in [0.25, 0.3) is 0 Å². The highest BCUT2D eigenvalue weighted by Crippen LogP contribution is 2.46. The Morgan fingerprint density at radius 2 is 2.32 bits per heavy atom. The Bertz CT molecular complexity index is 448. The second-order valence-electron chi connectivity index (χ2n) is 4.91. The molecule has 0 aromatic heterocycles. The van der Waals surface area contributed by atoms with Crippen molar-refractivity contribution in [2.24, 2.45) is 11.8 Å². The molecule has 0 bridgehead atoms. The molecule has 2 aliphatic carbocycles. The molecule has 3 nitrogen and oxygen atoms in total. The van der Waals surface area contributed by atoms with Gasteiger partial charge in [-0.05, 0) is 49.8 Å². The molecule has 2 rings (SSSR count). The standard InChI is InChI=1S/C15H19FO3/c1-2-19-15(18)14-9-13(14)11-4-3-10(5-6-17)7-12(16)8-11/h4,7-8,13-14,17H,2-3,5-6,9H2,1H3. The van der Waals surface area contributed by atoms with Crippen LogP contribution in [0.3, 0.4) is 0 Å². The highest BCUT2D eigenvalue weighted by molar-refractivity contribution is 5.77. The molecule has 104 valence electrons. The minimum atomic E-state index is -0.304. The lowest BCUT2D eigenvalue weighted by molar-refractivity contribution is -0.144. The maximum atomic E-state index is 13.7. The van der Waals surface area contributed by atoms with Gasteiger partial charge in [0.1, 0.15) is 5.83 Å². The highest BCUT2D eigenvalue weighted by atomic mass is 19.1. The third kappa shape index (κ3) is 3.53. The van der Waals surface area contributed by atoms with E-state index in [1.807, 2.05) is 6.08 Å². The van der Waals surface area contributed by atoms with E-state index < -0.39 is 0 Å². The van der Waals surface area contributed by atoms with Crippen LogP contribution in [0.15, 0.2) is 35.2 Å². The van der Waals surface area contributed by atoms with Crippen LogP contribution in [0.25, 0.3) is 0 Å². The van der Waals surface area contributed by atoms with E-state index in [4.69, 9.17) is 9.84 Å². The fourth-order valence-corrected chi connectivity index (χ4v) is 2.41. The number of rotatable bonds is 5. The number of carbonyl (C=O) groups excluding carboxylic acids is 1. The number of ether oxygens (including phenoxy) is 1. The van der Waals surface area contributed by atoms with Crippen molar-refractivity contribution in [3.63, 3.8) is 0 Å². The Balaban J connectivity index is 2.00. The summed E-state index contributed by atoms with van der Waals surface area (Å²) in [7, 11) is 0. The summed E-state index contributed by atoms with van der Waals surface area (Å²) in [5.74, 6) is -0.516. The van der Waals surface area contributed by atoms with Crippen molar-refractivity contribution in [3.8, 4) is 0 Å². The summed E-state index contributed by atoms with van der Waals surface area (Å²) in [5, 5.41) is 8.89. The molecule has 1 saturated carbocycles. The lowest BCUT2D eigenvalue weighted by atomic mass is 10.1. The third-order valence-electron chi connectivity index (χ3n) is 3.49. The molecule has 0 aromatic carbocycles. The van der Waals surface area contributed by atoms with Gasteiger partial charge in [-0.25, -0.2) is 4.39 Å². The van der Waals surface area contributed by atoms with Crippen molar-refractivity contribution < 1.29 is 19.0 Å². The van der Waals surface area contributed by atoms with Gasteiger partial charge in [-0.2, -0.15) is 0 Å². The van der Waals surface area contributed by atoms with Crippen LogP contribution in [0.1, 0.15) is 26.2 Å². The van der Waals surface area contributed by atoms with E-state index in [-0.39, 0.29) is 30.2 Å². The summed E-state index contributed by atoms with van der Waals surface area (Å²) in [5.41, 5.74) is 1.75. The maximum absolute atomic E-state index is 13.7. The quantitative estimate of drug-likeness (QED) is 0.778. The number of hydrogen-bond donors (Lipinski definition) is 1. The molecule has 0 amide bonds. The van der Waals surface area contributed by atoms with E-state index in [9.17, 15) is 9.18 Å². The van der Waals surface area contributed by atoms with Crippen LogP contribution in [0.2, 0.25) is 0 Å². The molecule has 2 unspecified atom stereocenters. The summed E-state index contributed by atoms with van der Waals surface area (Å²) in [4.78, 5) is 11.6. The molecule has 0 heterocycles. The normalized spacial score (nSPS) is 25.9. The van der Waals surface area contributed by atoms with Crippen molar-refractivity contribution in [1.82, 2.24) is 0 Å². The van der Waals surface area contributed by atoms with E-state index in [0.29, 0.717) is 19.4 Å². The van der Waals surface area contributed by atoms with Gasteiger partial charge in [0.15, 0.2) is 0 Å². The minimum Gasteiger partial charge on any atom is -0.466 e. The van der Waals surface area contributed by atoms with Crippen LogP contribution in [0, 0.1) is 11.8 Å². The summed E-state index contributed by atoms with van der Waals surface area (Å²) in [6.45, 7) is 2.19. The Morgan fingerprint density at radius 3 is 3.00 bits per heavy atom. The van der Waals surface area contributed by atoms with Gasteiger partial charge < -0.3 is 9.84 Å². The van der Waals surface area contributed by atoms with Crippen LogP contribution in [-0.2, 0) is 9.53 Å². The van der Waals surface area contributed by atoms with Gasteiger partial charge in [-0.15, -0.1) is 0 Å². The van der Waals surface area contributed by atoms with Gasteiger partial charge in [0.05, 0.1) is 12.5 Å². The number of halogens is 1. The molecule has 0 aromatic rings. The Morgan fingerprint density at radius 1 is 1.53 bits per heavy atom. The zero-order chi connectivity index (χ0) is 13.8. The van der Waals surface area contributed by atoms with E-state index in [0.717, 1.165) is 17.6 Å². The molecule has 0 spiro atoms. The molecular weight excluding hydrogens is 247 g/mol. The Hall–Kier alpha value is -1.42. The zero-order valence-electron chi connectivity index (χ0n) is 11.1. The van der Waals surface area contributed by atoms with Gasteiger partial charge in [-0.3, -0.25) is 4.79 Å². The maximum Gasteiger partial charge on any atom is 0.309 e. The van der Waals surface area contributed by atoms with E-state index in [2.05, 4.69) is 0 Å². The summed E-state index contributed by atoms with van der Waals surface area (Å²) in [6.07, 6.45) is 6.78. The van der Waals surface area contributed by atoms with E-state index >= 15 is 0 Å². The first-order valence-corrected chi connectivity index (χ1v) is 6.70. The lowest BCUT2D eigenvalue weighted by Gasteiger charge is -2.02. The van der Waals surface area contributed by atoms with Crippen LogP contribution in [0.4, 0.5) is 4.39 Å². The van der Waals surface area contributed by atoms with Crippen LogP contribution in [-0.4, -0.2) is 24.3 Å². The molecule has 0 saturated heterocycles. The first-order valence-electron chi connectivity index (χ1n) is 6.70. The predicted octanol–water partition coefficient (Wildman–Crippen LogP) is 2.68. The summed E-state index contributed by atoms with van der Waals surface area (Å²) >= 11 is 0. The average molecular weight is 266 g/mol. The van der Waals surface area contributed by atoms with E-state index in [1.54, 1.807) is 6.92 Å². The molecule has 19 heavy (non-hydrogen) atoms.